The molecular weight excluding hydrogens is 352 g/mol. The van der Waals surface area contributed by atoms with E-state index in [4.69, 9.17) is 23.2 Å². The topological polar surface area (TPSA) is 54.0 Å². The summed E-state index contributed by atoms with van der Waals surface area (Å²) in [5.74, 6) is -0.708. The number of amides is 1. The first kappa shape index (κ1) is 15.8. The predicted octanol–water partition coefficient (Wildman–Crippen LogP) is 3.84. The first-order valence-electron chi connectivity index (χ1n) is 7.63. The monoisotopic (exact) mass is 365 g/mol. The van der Waals surface area contributed by atoms with Gasteiger partial charge in [-0.15, -0.1) is 0 Å². The van der Waals surface area contributed by atoms with Crippen molar-refractivity contribution in [3.63, 3.8) is 0 Å². The van der Waals surface area contributed by atoms with Gasteiger partial charge in [-0.1, -0.05) is 35.3 Å². The van der Waals surface area contributed by atoms with Crippen LogP contribution in [0.1, 0.15) is 30.4 Å². The fourth-order valence-electron chi connectivity index (χ4n) is 3.89. The average molecular weight is 366 g/mol. The minimum Gasteiger partial charge on any atom is -0.308 e. The summed E-state index contributed by atoms with van der Waals surface area (Å²) in [6, 6.07) is 8.32. The lowest BCUT2D eigenvalue weighted by Crippen LogP contribution is -2.48. The van der Waals surface area contributed by atoms with Crippen molar-refractivity contribution >= 4 is 34.9 Å². The van der Waals surface area contributed by atoms with Crippen LogP contribution in [0, 0.1) is 5.82 Å². The van der Waals surface area contributed by atoms with Crippen LogP contribution >= 0.6 is 23.2 Å². The summed E-state index contributed by atoms with van der Waals surface area (Å²) >= 11 is 11.9. The minimum atomic E-state index is -1.07. The van der Waals surface area contributed by atoms with Crippen LogP contribution in [0.5, 0.6) is 0 Å². The third-order valence-electron chi connectivity index (χ3n) is 4.82. The maximum Gasteiger partial charge on any atom is 0.251 e. The normalized spacial score (nSPS) is 28.2. The van der Waals surface area contributed by atoms with E-state index < -0.39 is 17.3 Å². The van der Waals surface area contributed by atoms with Gasteiger partial charge in [-0.25, -0.2) is 9.37 Å². The maximum atomic E-state index is 14.7. The largest absolute Gasteiger partial charge is 0.308 e. The molecule has 1 amide bonds. The highest BCUT2D eigenvalue weighted by atomic mass is 35.5. The number of anilines is 1. The predicted molar refractivity (Wildman–Crippen MR) is 90.9 cm³/mol. The number of nitrogens with zero attached hydrogens (tertiary/aromatic N) is 1. The SMILES string of the molecule is C[C@H]1C[C@H](c2cccc(Cl)c2F)[C@@]2(N1)C(=O)Nc1nc(Cl)ccc12. The second-order valence-corrected chi connectivity index (χ2v) is 7.06. The van der Waals surface area contributed by atoms with Crippen LogP contribution in [-0.4, -0.2) is 16.9 Å². The van der Waals surface area contributed by atoms with Crippen molar-refractivity contribution < 1.29 is 9.18 Å². The summed E-state index contributed by atoms with van der Waals surface area (Å²) in [6.07, 6.45) is 0.604. The van der Waals surface area contributed by atoms with Crippen molar-refractivity contribution in [1.82, 2.24) is 10.3 Å². The lowest BCUT2D eigenvalue weighted by atomic mass is 9.76. The van der Waals surface area contributed by atoms with E-state index in [1.165, 1.54) is 6.07 Å². The van der Waals surface area contributed by atoms with Gasteiger partial charge in [0.2, 0.25) is 0 Å². The summed E-state index contributed by atoms with van der Waals surface area (Å²) in [4.78, 5) is 17.1. The van der Waals surface area contributed by atoms with Crippen LogP contribution in [0.3, 0.4) is 0 Å². The highest BCUT2D eigenvalue weighted by Gasteiger charge is 2.58. The molecular formula is C17H14Cl2FN3O. The third-order valence-corrected chi connectivity index (χ3v) is 5.32. The van der Waals surface area contributed by atoms with Crippen LogP contribution in [0.15, 0.2) is 30.3 Å². The Balaban J connectivity index is 1.93. The number of halogens is 3. The molecule has 24 heavy (non-hydrogen) atoms. The first-order chi connectivity index (χ1) is 11.4. The van der Waals surface area contributed by atoms with Gasteiger partial charge in [-0.2, -0.15) is 0 Å². The maximum absolute atomic E-state index is 14.7. The molecule has 1 spiro atoms. The second kappa shape index (κ2) is 5.41. The molecule has 124 valence electrons. The Hall–Kier alpha value is -1.69. The molecule has 7 heteroatoms. The Morgan fingerprint density at radius 2 is 2.08 bits per heavy atom. The number of hydrogen-bond acceptors (Lipinski definition) is 3. The van der Waals surface area contributed by atoms with Crippen molar-refractivity contribution in [3.05, 3.63) is 57.5 Å². The van der Waals surface area contributed by atoms with E-state index >= 15 is 0 Å². The number of carbonyl (C=O) groups is 1. The lowest BCUT2D eigenvalue weighted by molar-refractivity contribution is -0.122. The molecule has 3 atom stereocenters. The molecule has 2 aliphatic rings. The van der Waals surface area contributed by atoms with Gasteiger partial charge in [0, 0.05) is 17.5 Å². The van der Waals surface area contributed by atoms with Crippen molar-refractivity contribution in [3.8, 4) is 0 Å². The molecule has 0 unspecified atom stereocenters. The van der Waals surface area contributed by atoms with E-state index in [-0.39, 0.29) is 17.0 Å². The zero-order chi connectivity index (χ0) is 17.1. The average Bonchev–Trinajstić information content (AvgIpc) is 3.01. The van der Waals surface area contributed by atoms with Gasteiger partial charge < -0.3 is 5.32 Å². The van der Waals surface area contributed by atoms with E-state index in [0.29, 0.717) is 28.5 Å². The molecule has 4 rings (SSSR count). The molecule has 2 aromatic rings. The number of aromatic nitrogens is 1. The zero-order valence-electron chi connectivity index (χ0n) is 12.7. The molecule has 4 nitrogen and oxygen atoms in total. The fraction of sp³-hybridized carbons (Fsp3) is 0.294. The summed E-state index contributed by atoms with van der Waals surface area (Å²) in [6.45, 7) is 1.97. The molecule has 1 aromatic carbocycles. The van der Waals surface area contributed by atoms with Crippen LogP contribution in [0.2, 0.25) is 10.2 Å². The Bertz CT molecular complexity index is 860. The standard InChI is InChI=1S/C17H14Cl2FN3O/c1-8-7-11(9-3-2-4-12(18)14(9)20)17(23-8)10-5-6-13(19)21-15(10)22-16(17)24/h2-6,8,11,23H,7H2,1H3,(H,21,22,24)/t8-,11+,17+/m0/s1. The number of hydrogen-bond donors (Lipinski definition) is 2. The molecule has 2 N–H and O–H groups in total. The summed E-state index contributed by atoms with van der Waals surface area (Å²) in [7, 11) is 0. The number of fused-ring (bicyclic) bond motifs is 2. The van der Waals surface area contributed by atoms with Gasteiger partial charge in [0.1, 0.15) is 22.3 Å². The van der Waals surface area contributed by atoms with Gasteiger partial charge >= 0.3 is 0 Å². The Kier molecular flexibility index (Phi) is 3.56. The van der Waals surface area contributed by atoms with Crippen LogP contribution in [0.25, 0.3) is 0 Å². The molecule has 1 saturated heterocycles. The van der Waals surface area contributed by atoms with E-state index in [9.17, 15) is 9.18 Å². The van der Waals surface area contributed by atoms with Crippen molar-refractivity contribution in [1.29, 1.82) is 0 Å². The highest BCUT2D eigenvalue weighted by molar-refractivity contribution is 6.30. The van der Waals surface area contributed by atoms with Crippen molar-refractivity contribution in [2.75, 3.05) is 5.32 Å². The Morgan fingerprint density at radius 1 is 1.29 bits per heavy atom. The Labute approximate surface area is 148 Å². The Morgan fingerprint density at radius 3 is 2.88 bits per heavy atom. The smallest absolute Gasteiger partial charge is 0.251 e. The zero-order valence-corrected chi connectivity index (χ0v) is 14.2. The molecule has 0 saturated carbocycles. The number of pyridine rings is 1. The number of benzene rings is 1. The molecule has 3 heterocycles. The molecule has 0 aliphatic carbocycles. The summed E-state index contributed by atoms with van der Waals surface area (Å²) in [5.41, 5.74) is 0.0423. The lowest BCUT2D eigenvalue weighted by Gasteiger charge is -2.30. The van der Waals surface area contributed by atoms with E-state index in [2.05, 4.69) is 15.6 Å². The van der Waals surface area contributed by atoms with Crippen LogP contribution in [0.4, 0.5) is 10.2 Å². The fourth-order valence-corrected chi connectivity index (χ4v) is 4.22. The number of nitrogens with one attached hydrogen (secondary N) is 2. The molecule has 2 aliphatic heterocycles. The summed E-state index contributed by atoms with van der Waals surface area (Å²) < 4.78 is 14.7. The van der Waals surface area contributed by atoms with Crippen molar-refractivity contribution in [2.24, 2.45) is 0 Å². The van der Waals surface area contributed by atoms with E-state index in [0.717, 1.165) is 0 Å². The van der Waals surface area contributed by atoms with Gasteiger partial charge in [0.05, 0.1) is 5.02 Å². The first-order valence-corrected chi connectivity index (χ1v) is 8.39. The molecule has 1 fully saturated rings. The van der Waals surface area contributed by atoms with E-state index in [1.807, 2.05) is 6.92 Å². The second-order valence-electron chi connectivity index (χ2n) is 6.27. The number of carbonyl (C=O) groups excluding carboxylic acids is 1. The van der Waals surface area contributed by atoms with Gasteiger partial charge in [0.15, 0.2) is 0 Å². The molecule has 0 radical (unpaired) electrons. The molecule has 0 bridgehead atoms. The molecule has 1 aromatic heterocycles. The third kappa shape index (κ3) is 2.08. The van der Waals surface area contributed by atoms with Gasteiger partial charge in [-0.3, -0.25) is 10.1 Å². The van der Waals surface area contributed by atoms with E-state index in [1.54, 1.807) is 24.3 Å². The van der Waals surface area contributed by atoms with Crippen LogP contribution < -0.4 is 10.6 Å². The van der Waals surface area contributed by atoms with Crippen LogP contribution in [-0.2, 0) is 10.3 Å². The van der Waals surface area contributed by atoms with Crippen molar-refractivity contribution in [2.45, 2.75) is 30.8 Å². The number of rotatable bonds is 1. The quantitative estimate of drug-likeness (QED) is 0.754. The van der Waals surface area contributed by atoms with Gasteiger partial charge in [0.25, 0.3) is 5.91 Å². The minimum absolute atomic E-state index is 0.0285. The highest BCUT2D eigenvalue weighted by Crippen LogP contribution is 2.51. The van der Waals surface area contributed by atoms with Gasteiger partial charge in [-0.05, 0) is 37.1 Å². The summed E-state index contributed by atoms with van der Waals surface area (Å²) in [5, 5.41) is 6.46.